The fraction of sp³-hybridized carbons (Fsp3) is 0.152. The molecule has 0 aliphatic rings. The summed E-state index contributed by atoms with van der Waals surface area (Å²) in [5, 5.41) is 38.4. The van der Waals surface area contributed by atoms with E-state index in [-0.39, 0.29) is 5.13 Å². The molecule has 9 nitrogen and oxygen atoms in total. The number of nitrogens with one attached hydrogen (secondary N) is 1. The van der Waals surface area contributed by atoms with Gasteiger partial charge in [0.1, 0.15) is 0 Å². The Bertz CT molecular complexity index is 2090. The lowest BCUT2D eigenvalue weighted by atomic mass is 10.1. The molecule has 0 bridgehead atoms. The fourth-order valence-corrected chi connectivity index (χ4v) is 5.12. The van der Waals surface area contributed by atoms with Crippen LogP contribution in [0.15, 0.2) is 128 Å². The van der Waals surface area contributed by atoms with Gasteiger partial charge < -0.3 is 5.32 Å². The van der Waals surface area contributed by atoms with E-state index >= 15 is 0 Å². The minimum absolute atomic E-state index is 0.188. The van der Waals surface area contributed by atoms with E-state index in [0.29, 0.717) is 40.1 Å². The lowest BCUT2D eigenvalue weighted by molar-refractivity contribution is -0.138. The molecule has 6 rings (SSSR count). The SMILES string of the molecule is CCC(C)Nc1ccc(/N=N/c2ccc(/N=N/c3ccc(/N=N/c4nnc(C(F)(F)F)s4)cc3)c3ccccc23)c2ccccc12. The van der Waals surface area contributed by atoms with Crippen LogP contribution in [0.2, 0.25) is 0 Å². The molecule has 1 atom stereocenters. The Balaban J connectivity index is 1.21. The van der Waals surface area contributed by atoms with Gasteiger partial charge >= 0.3 is 6.18 Å². The number of halogens is 3. The molecule has 6 aromatic rings. The van der Waals surface area contributed by atoms with Gasteiger partial charge in [0.25, 0.3) is 5.13 Å². The van der Waals surface area contributed by atoms with Crippen molar-refractivity contribution in [2.45, 2.75) is 32.5 Å². The Morgan fingerprint density at radius 1 is 0.630 bits per heavy atom. The zero-order valence-corrected chi connectivity index (χ0v) is 25.5. The summed E-state index contributed by atoms with van der Waals surface area (Å²) in [4.78, 5) is 0. The topological polar surface area (TPSA) is 112 Å². The lowest BCUT2D eigenvalue weighted by Gasteiger charge is -2.15. The predicted octanol–water partition coefficient (Wildman–Crippen LogP) is 12.3. The van der Waals surface area contributed by atoms with Gasteiger partial charge in [-0.3, -0.25) is 0 Å². The van der Waals surface area contributed by atoms with Crippen LogP contribution < -0.4 is 5.32 Å². The number of hydrogen-bond acceptors (Lipinski definition) is 10. The predicted molar refractivity (Wildman–Crippen MR) is 175 cm³/mol. The summed E-state index contributed by atoms with van der Waals surface area (Å²) in [5.41, 5.74) is 4.17. The molecular formula is C33H26F3N9S. The van der Waals surface area contributed by atoms with Crippen LogP contribution in [0, 0.1) is 0 Å². The number of aromatic nitrogens is 2. The average Bonchev–Trinajstić information content (AvgIpc) is 3.57. The van der Waals surface area contributed by atoms with Crippen LogP contribution >= 0.6 is 11.3 Å². The first-order chi connectivity index (χ1) is 22.3. The molecule has 0 aliphatic heterocycles. The van der Waals surface area contributed by atoms with Crippen molar-refractivity contribution in [2.24, 2.45) is 30.7 Å². The van der Waals surface area contributed by atoms with Crippen LogP contribution in [0.1, 0.15) is 25.3 Å². The highest BCUT2D eigenvalue weighted by atomic mass is 32.1. The molecule has 1 N–H and O–H groups in total. The third-order valence-electron chi connectivity index (χ3n) is 7.09. The summed E-state index contributed by atoms with van der Waals surface area (Å²) >= 11 is 0.318. The maximum atomic E-state index is 12.7. The maximum absolute atomic E-state index is 12.7. The van der Waals surface area contributed by atoms with Crippen LogP contribution in [0.4, 0.5) is 52.4 Å². The second-order valence-corrected chi connectivity index (χ2v) is 11.2. The van der Waals surface area contributed by atoms with Crippen LogP contribution in [0.25, 0.3) is 21.5 Å². The number of anilines is 1. The van der Waals surface area contributed by atoms with Crippen molar-refractivity contribution >= 4 is 72.1 Å². The van der Waals surface area contributed by atoms with Crippen molar-refractivity contribution in [1.82, 2.24) is 10.2 Å². The Morgan fingerprint density at radius 3 is 1.63 bits per heavy atom. The molecule has 0 radical (unpaired) electrons. The third-order valence-corrected chi connectivity index (χ3v) is 7.94. The molecule has 230 valence electrons. The van der Waals surface area contributed by atoms with Crippen molar-refractivity contribution in [3.63, 3.8) is 0 Å². The molecule has 0 saturated carbocycles. The second-order valence-electron chi connectivity index (χ2n) is 10.3. The van der Waals surface area contributed by atoms with Crippen LogP contribution in [-0.4, -0.2) is 16.2 Å². The summed E-state index contributed by atoms with van der Waals surface area (Å²) in [6.07, 6.45) is -3.55. The first-order valence-corrected chi connectivity index (χ1v) is 15.2. The largest absolute Gasteiger partial charge is 0.445 e. The smallest absolute Gasteiger partial charge is 0.382 e. The van der Waals surface area contributed by atoms with Gasteiger partial charge in [0.15, 0.2) is 0 Å². The molecule has 0 fully saturated rings. The van der Waals surface area contributed by atoms with E-state index in [2.05, 4.69) is 66.1 Å². The highest BCUT2D eigenvalue weighted by Crippen LogP contribution is 2.38. The lowest BCUT2D eigenvalue weighted by Crippen LogP contribution is -2.13. The molecule has 5 aromatic carbocycles. The van der Waals surface area contributed by atoms with Crippen LogP contribution in [0.5, 0.6) is 0 Å². The standard InChI is InChI=1S/C33H26F3N9S/c1-3-20(2)37-27-16-17-29(24-9-5-4-8-23(24)27)41-42-30-19-18-28(25-10-6-7-11-26(25)30)40-38-21-12-14-22(15-13-21)39-44-32-45-43-31(46-32)33(34,35)36/h4-20,37H,3H2,1-2H3/b40-38+,42-41+,44-39+. The minimum atomic E-state index is -4.57. The summed E-state index contributed by atoms with van der Waals surface area (Å²) in [6.45, 7) is 4.31. The zero-order chi connectivity index (χ0) is 32.1. The average molecular weight is 638 g/mol. The van der Waals surface area contributed by atoms with Gasteiger partial charge in [0.05, 0.1) is 28.4 Å². The third kappa shape index (κ3) is 6.94. The summed E-state index contributed by atoms with van der Waals surface area (Å²) in [7, 11) is 0. The molecule has 0 amide bonds. The van der Waals surface area contributed by atoms with Gasteiger partial charge in [-0.25, -0.2) is 0 Å². The molecule has 1 unspecified atom stereocenters. The van der Waals surface area contributed by atoms with E-state index in [1.54, 1.807) is 24.3 Å². The summed E-state index contributed by atoms with van der Waals surface area (Å²) in [5.74, 6) is 0. The zero-order valence-electron chi connectivity index (χ0n) is 24.6. The summed E-state index contributed by atoms with van der Waals surface area (Å²) < 4.78 is 38.1. The highest BCUT2D eigenvalue weighted by Gasteiger charge is 2.35. The van der Waals surface area contributed by atoms with Crippen LogP contribution in [-0.2, 0) is 6.18 Å². The van der Waals surface area contributed by atoms with E-state index in [1.165, 1.54) is 0 Å². The first-order valence-electron chi connectivity index (χ1n) is 14.3. The molecule has 46 heavy (non-hydrogen) atoms. The number of fused-ring (bicyclic) bond motifs is 2. The molecule has 0 spiro atoms. The van der Waals surface area contributed by atoms with Gasteiger partial charge in [-0.15, -0.1) is 35.8 Å². The maximum Gasteiger partial charge on any atom is 0.445 e. The van der Waals surface area contributed by atoms with Gasteiger partial charge in [0.2, 0.25) is 5.01 Å². The fourth-order valence-electron chi connectivity index (χ4n) is 4.58. The quantitative estimate of drug-likeness (QED) is 0.159. The van der Waals surface area contributed by atoms with E-state index in [9.17, 15) is 13.2 Å². The first kappa shape index (κ1) is 30.6. The number of rotatable bonds is 9. The highest BCUT2D eigenvalue weighted by molar-refractivity contribution is 7.15. The van der Waals surface area contributed by atoms with Gasteiger partial charge in [-0.1, -0.05) is 66.8 Å². The van der Waals surface area contributed by atoms with E-state index in [0.717, 1.165) is 39.3 Å². The number of azo groups is 3. The van der Waals surface area contributed by atoms with Gasteiger partial charge in [0, 0.05) is 33.3 Å². The summed E-state index contributed by atoms with van der Waals surface area (Å²) in [6, 6.07) is 30.6. The van der Waals surface area contributed by atoms with Crippen molar-refractivity contribution in [3.05, 3.63) is 102 Å². The van der Waals surface area contributed by atoms with Crippen molar-refractivity contribution in [3.8, 4) is 0 Å². The molecule has 1 aromatic heterocycles. The minimum Gasteiger partial charge on any atom is -0.382 e. The normalized spacial score (nSPS) is 13.1. The monoisotopic (exact) mass is 637 g/mol. The van der Waals surface area contributed by atoms with Crippen LogP contribution in [0.3, 0.4) is 0 Å². The molecule has 1 heterocycles. The van der Waals surface area contributed by atoms with E-state index in [4.69, 9.17) is 0 Å². The Morgan fingerprint density at radius 2 is 1.11 bits per heavy atom. The Labute approximate surface area is 265 Å². The molecule has 13 heteroatoms. The van der Waals surface area contributed by atoms with E-state index < -0.39 is 11.2 Å². The van der Waals surface area contributed by atoms with Crippen molar-refractivity contribution < 1.29 is 13.2 Å². The number of alkyl halides is 3. The molecule has 0 saturated heterocycles. The van der Waals surface area contributed by atoms with Gasteiger partial charge in [-0.05, 0) is 61.9 Å². The molecule has 0 aliphatic carbocycles. The Kier molecular flexibility index (Phi) is 8.83. The van der Waals surface area contributed by atoms with E-state index in [1.807, 2.05) is 66.7 Å². The van der Waals surface area contributed by atoms with Crippen molar-refractivity contribution in [1.29, 1.82) is 0 Å². The second kappa shape index (κ2) is 13.3. The van der Waals surface area contributed by atoms with Crippen molar-refractivity contribution in [2.75, 3.05) is 5.32 Å². The molecular weight excluding hydrogens is 611 g/mol. The van der Waals surface area contributed by atoms with Gasteiger partial charge in [-0.2, -0.15) is 18.3 Å². The number of nitrogens with zero attached hydrogens (tertiary/aromatic N) is 8. The Hall–Kier alpha value is -5.43. The number of benzene rings is 5. The number of hydrogen-bond donors (Lipinski definition) is 1.